The summed E-state index contributed by atoms with van der Waals surface area (Å²) >= 11 is 0. The van der Waals surface area contributed by atoms with E-state index in [0.717, 1.165) is 32.2 Å². The maximum Gasteiger partial charge on any atom is 0.274 e. The number of nitrogens with zero attached hydrogens (tertiary/aromatic N) is 3. The minimum Gasteiger partial charge on any atom is -0.350 e. The van der Waals surface area contributed by atoms with Gasteiger partial charge in [0.15, 0.2) is 0 Å². The maximum atomic E-state index is 12.7. The lowest BCUT2D eigenvalue weighted by molar-refractivity contribution is -0.903. The third-order valence-electron chi connectivity index (χ3n) is 5.32. The van der Waals surface area contributed by atoms with Crippen molar-refractivity contribution in [2.45, 2.75) is 58.3 Å². The number of unbranched alkanes of at least 4 members (excludes halogenated alkanes) is 3. The zero-order valence-electron chi connectivity index (χ0n) is 17.3. The highest BCUT2D eigenvalue weighted by Gasteiger charge is 2.18. The van der Waals surface area contributed by atoms with Crippen LogP contribution in [-0.2, 0) is 4.79 Å². The Morgan fingerprint density at radius 2 is 1.93 bits per heavy atom. The van der Waals surface area contributed by atoms with Crippen LogP contribution in [0.25, 0.3) is 0 Å². The molecule has 1 aromatic rings. The number of carbonyl (C=O) groups is 2. The molecule has 1 saturated heterocycles. The summed E-state index contributed by atoms with van der Waals surface area (Å²) in [5.74, 6) is -0.128. The van der Waals surface area contributed by atoms with Crippen LogP contribution in [0.1, 0.15) is 68.8 Å². The van der Waals surface area contributed by atoms with Crippen LogP contribution in [0.5, 0.6) is 0 Å². The first kappa shape index (κ1) is 22.3. The molecule has 7 heteroatoms. The van der Waals surface area contributed by atoms with Gasteiger partial charge in [-0.15, -0.1) is 0 Å². The Morgan fingerprint density at radius 1 is 1.11 bits per heavy atom. The molecule has 2 rings (SSSR count). The van der Waals surface area contributed by atoms with E-state index in [1.165, 1.54) is 44.7 Å². The first-order chi connectivity index (χ1) is 13.7. The molecule has 0 aromatic carbocycles. The molecular weight excluding hydrogens is 354 g/mol. The van der Waals surface area contributed by atoms with Crippen molar-refractivity contribution in [2.24, 2.45) is 0 Å². The topological polar surface area (TPSA) is 79.6 Å². The number of quaternary nitrogens is 1. The summed E-state index contributed by atoms with van der Waals surface area (Å²) in [4.78, 5) is 36.4. The molecule has 28 heavy (non-hydrogen) atoms. The van der Waals surface area contributed by atoms with Crippen molar-refractivity contribution >= 4 is 11.8 Å². The summed E-state index contributed by atoms with van der Waals surface area (Å²) < 4.78 is 0. The predicted octanol–water partition coefficient (Wildman–Crippen LogP) is 1.07. The molecule has 1 aliphatic heterocycles. The molecular formula is C21H36N5O2+. The van der Waals surface area contributed by atoms with Gasteiger partial charge in [-0.1, -0.05) is 26.2 Å². The highest BCUT2D eigenvalue weighted by molar-refractivity contribution is 5.92. The number of hydrogen-bond acceptors (Lipinski definition) is 4. The zero-order valence-corrected chi connectivity index (χ0v) is 17.3. The van der Waals surface area contributed by atoms with Crippen LogP contribution >= 0.6 is 0 Å². The van der Waals surface area contributed by atoms with Crippen molar-refractivity contribution in [1.29, 1.82) is 0 Å². The molecule has 0 spiro atoms. The molecule has 0 radical (unpaired) electrons. The first-order valence-corrected chi connectivity index (χ1v) is 10.9. The molecule has 2 heterocycles. The molecule has 0 saturated carbocycles. The Balaban J connectivity index is 1.76. The van der Waals surface area contributed by atoms with Crippen LogP contribution in [0.2, 0.25) is 0 Å². The van der Waals surface area contributed by atoms with Gasteiger partial charge in [0.05, 0.1) is 32.4 Å². The fourth-order valence-corrected chi connectivity index (χ4v) is 3.62. The van der Waals surface area contributed by atoms with E-state index in [-0.39, 0.29) is 11.8 Å². The van der Waals surface area contributed by atoms with Gasteiger partial charge in [0.2, 0.25) is 5.91 Å². The summed E-state index contributed by atoms with van der Waals surface area (Å²) in [6.07, 6.45) is 13.2. The highest BCUT2D eigenvalue weighted by Crippen LogP contribution is 2.06. The van der Waals surface area contributed by atoms with Gasteiger partial charge in [-0.25, -0.2) is 4.98 Å². The van der Waals surface area contributed by atoms with Crippen molar-refractivity contribution in [3.8, 4) is 0 Å². The lowest BCUT2D eigenvalue weighted by atomic mass is 10.1. The van der Waals surface area contributed by atoms with Crippen molar-refractivity contribution in [3.05, 3.63) is 24.3 Å². The van der Waals surface area contributed by atoms with E-state index in [9.17, 15) is 9.59 Å². The number of rotatable bonds is 12. The van der Waals surface area contributed by atoms with E-state index >= 15 is 0 Å². The van der Waals surface area contributed by atoms with E-state index in [1.807, 2.05) is 0 Å². The molecule has 156 valence electrons. The minimum atomic E-state index is -0.143. The Kier molecular flexibility index (Phi) is 10.5. The predicted molar refractivity (Wildman–Crippen MR) is 109 cm³/mol. The molecule has 0 unspecified atom stereocenters. The highest BCUT2D eigenvalue weighted by atomic mass is 16.2. The van der Waals surface area contributed by atoms with Crippen molar-refractivity contribution < 1.29 is 14.5 Å². The van der Waals surface area contributed by atoms with Gasteiger partial charge in [0.25, 0.3) is 5.91 Å². The van der Waals surface area contributed by atoms with Crippen LogP contribution in [0, 0.1) is 0 Å². The Morgan fingerprint density at radius 3 is 2.64 bits per heavy atom. The average Bonchev–Trinajstić information content (AvgIpc) is 2.74. The number of aromatic nitrogens is 2. The normalized spacial score (nSPS) is 14.6. The van der Waals surface area contributed by atoms with Crippen LogP contribution in [0.15, 0.2) is 18.6 Å². The van der Waals surface area contributed by atoms with Crippen molar-refractivity contribution in [1.82, 2.24) is 20.2 Å². The molecule has 0 bridgehead atoms. The third-order valence-corrected chi connectivity index (χ3v) is 5.32. The maximum absolute atomic E-state index is 12.7. The van der Waals surface area contributed by atoms with E-state index in [4.69, 9.17) is 0 Å². The van der Waals surface area contributed by atoms with Gasteiger partial charge in [0.1, 0.15) is 5.69 Å². The molecule has 0 atom stereocenters. The summed E-state index contributed by atoms with van der Waals surface area (Å²) in [5.41, 5.74) is 0.340. The van der Waals surface area contributed by atoms with E-state index in [1.54, 1.807) is 16.0 Å². The largest absolute Gasteiger partial charge is 0.350 e. The van der Waals surface area contributed by atoms with Gasteiger partial charge < -0.3 is 15.1 Å². The van der Waals surface area contributed by atoms with E-state index < -0.39 is 0 Å². The van der Waals surface area contributed by atoms with Crippen molar-refractivity contribution in [3.63, 3.8) is 0 Å². The fraction of sp³-hybridized carbons (Fsp3) is 0.714. The standard InChI is InChI=1S/C21H35N5O2/c1-2-3-4-8-15-26(21(28)19-18-22-10-11-23-19)16-9-20(27)24-12-17-25-13-6-5-7-14-25/h10-11,18H,2-9,12-17H2,1H3,(H,24,27)/p+1. The van der Waals surface area contributed by atoms with Gasteiger partial charge in [0, 0.05) is 31.9 Å². The first-order valence-electron chi connectivity index (χ1n) is 10.9. The minimum absolute atomic E-state index is 0.0157. The van der Waals surface area contributed by atoms with E-state index in [2.05, 4.69) is 22.2 Å². The lowest BCUT2D eigenvalue weighted by Gasteiger charge is -2.24. The van der Waals surface area contributed by atoms with Gasteiger partial charge >= 0.3 is 0 Å². The van der Waals surface area contributed by atoms with Crippen LogP contribution < -0.4 is 10.2 Å². The molecule has 1 aliphatic rings. The van der Waals surface area contributed by atoms with Crippen LogP contribution in [0.3, 0.4) is 0 Å². The third kappa shape index (κ3) is 8.33. The van der Waals surface area contributed by atoms with Crippen LogP contribution in [-0.4, -0.2) is 66.0 Å². The number of amides is 2. The Bertz CT molecular complexity index is 575. The fourth-order valence-electron chi connectivity index (χ4n) is 3.62. The van der Waals surface area contributed by atoms with Gasteiger partial charge in [-0.3, -0.25) is 14.6 Å². The number of carbonyl (C=O) groups excluding carboxylic acids is 2. The molecule has 1 fully saturated rings. The number of nitrogens with one attached hydrogen (secondary N) is 2. The summed E-state index contributed by atoms with van der Waals surface area (Å²) in [6.45, 7) is 7.37. The lowest BCUT2D eigenvalue weighted by Crippen LogP contribution is -3.13. The zero-order chi connectivity index (χ0) is 20.0. The molecule has 2 amide bonds. The molecule has 7 nitrogen and oxygen atoms in total. The Labute approximate surface area is 168 Å². The second kappa shape index (κ2) is 13.2. The van der Waals surface area contributed by atoms with E-state index in [0.29, 0.717) is 31.7 Å². The Hall–Kier alpha value is -2.02. The monoisotopic (exact) mass is 390 g/mol. The second-order valence-electron chi connectivity index (χ2n) is 7.60. The number of hydrogen-bond donors (Lipinski definition) is 2. The SMILES string of the molecule is CCCCCCN(CCC(=O)NCC[NH+]1CCCCC1)C(=O)c1cnccn1. The molecule has 0 aliphatic carbocycles. The van der Waals surface area contributed by atoms with Crippen LogP contribution in [0.4, 0.5) is 0 Å². The van der Waals surface area contributed by atoms with Gasteiger partial charge in [-0.05, 0) is 25.7 Å². The quantitative estimate of drug-likeness (QED) is 0.524. The average molecular weight is 391 g/mol. The number of piperidine rings is 1. The second-order valence-corrected chi connectivity index (χ2v) is 7.60. The summed E-state index contributed by atoms with van der Waals surface area (Å²) in [5, 5.41) is 3.01. The summed E-state index contributed by atoms with van der Waals surface area (Å²) in [7, 11) is 0. The van der Waals surface area contributed by atoms with Gasteiger partial charge in [-0.2, -0.15) is 0 Å². The smallest absolute Gasteiger partial charge is 0.274 e. The molecule has 1 aromatic heterocycles. The molecule has 2 N–H and O–H groups in total. The summed E-state index contributed by atoms with van der Waals surface area (Å²) in [6, 6.07) is 0. The van der Waals surface area contributed by atoms with Crippen molar-refractivity contribution in [2.75, 3.05) is 39.3 Å². The number of likely N-dealkylation sites (tertiary alicyclic amines) is 1.